The highest BCUT2D eigenvalue weighted by Crippen LogP contribution is 2.41. The second kappa shape index (κ2) is 8.01. The fraction of sp³-hybridized carbons (Fsp3) is 0.571. The highest BCUT2D eigenvalue weighted by Gasteiger charge is 2.32. The molecule has 26 heavy (non-hydrogen) atoms. The Kier molecular flexibility index (Phi) is 5.73. The van der Waals surface area contributed by atoms with E-state index >= 15 is 0 Å². The first-order chi connectivity index (χ1) is 12.4. The maximum Gasteiger partial charge on any atom is 0.225 e. The smallest absolute Gasteiger partial charge is 0.225 e. The number of hydrogen-bond acceptors (Lipinski definition) is 4. The number of hydrogen-bond donors (Lipinski definition) is 1. The zero-order valence-electron chi connectivity index (χ0n) is 15.9. The summed E-state index contributed by atoms with van der Waals surface area (Å²) in [6, 6.07) is 5.96. The van der Waals surface area contributed by atoms with Gasteiger partial charge < -0.3 is 19.7 Å². The number of likely N-dealkylation sites (tertiary alicyclic amines) is 1. The molecule has 2 aliphatic rings. The van der Waals surface area contributed by atoms with E-state index in [1.165, 1.54) is 5.56 Å². The molecule has 0 aliphatic carbocycles. The molecular weight excluding hydrogens is 328 g/mol. The van der Waals surface area contributed by atoms with Gasteiger partial charge in [-0.25, -0.2) is 0 Å². The molecule has 1 amide bonds. The van der Waals surface area contributed by atoms with Crippen LogP contribution >= 0.6 is 0 Å². The van der Waals surface area contributed by atoms with E-state index in [9.17, 15) is 4.79 Å². The maximum absolute atomic E-state index is 12.1. The molecule has 0 saturated carbocycles. The molecule has 5 nitrogen and oxygen atoms in total. The highest BCUT2D eigenvalue weighted by atomic mass is 16.5. The van der Waals surface area contributed by atoms with Crippen molar-refractivity contribution >= 4 is 5.91 Å². The summed E-state index contributed by atoms with van der Waals surface area (Å²) in [5.41, 5.74) is 0.982. The minimum atomic E-state index is -0.190. The normalized spacial score (nSPS) is 21.1. The lowest BCUT2D eigenvalue weighted by Gasteiger charge is -2.28. The lowest BCUT2D eigenvalue weighted by atomic mass is 9.98. The van der Waals surface area contributed by atoms with Crippen molar-refractivity contribution in [2.75, 3.05) is 33.3 Å². The molecule has 0 radical (unpaired) electrons. The van der Waals surface area contributed by atoms with Crippen LogP contribution in [-0.2, 0) is 11.2 Å². The van der Waals surface area contributed by atoms with Crippen LogP contribution in [0.25, 0.3) is 0 Å². The van der Waals surface area contributed by atoms with E-state index in [0.29, 0.717) is 6.54 Å². The van der Waals surface area contributed by atoms with Gasteiger partial charge in [-0.3, -0.25) is 4.79 Å². The van der Waals surface area contributed by atoms with Crippen molar-refractivity contribution in [2.45, 2.75) is 38.7 Å². The summed E-state index contributed by atoms with van der Waals surface area (Å²) < 4.78 is 11.7. The molecule has 1 N–H and O–H groups in total. The van der Waals surface area contributed by atoms with E-state index < -0.39 is 0 Å². The SMILES string of the molecule is CN1CCCC(C(=O)NCC#CCOc2cccc3c2OC(C)(C)C3)C1. The summed E-state index contributed by atoms with van der Waals surface area (Å²) in [5, 5.41) is 2.90. The minimum absolute atomic E-state index is 0.0826. The summed E-state index contributed by atoms with van der Waals surface area (Å²) in [6.07, 6.45) is 2.92. The number of carbonyl (C=O) groups is 1. The zero-order chi connectivity index (χ0) is 18.6. The van der Waals surface area contributed by atoms with Gasteiger partial charge in [0, 0.05) is 18.5 Å². The van der Waals surface area contributed by atoms with Crippen molar-refractivity contribution in [2.24, 2.45) is 5.92 Å². The molecule has 2 aliphatic heterocycles. The van der Waals surface area contributed by atoms with Gasteiger partial charge in [-0.05, 0) is 46.3 Å². The van der Waals surface area contributed by atoms with E-state index in [4.69, 9.17) is 9.47 Å². The third kappa shape index (κ3) is 4.70. The average molecular weight is 356 g/mol. The van der Waals surface area contributed by atoms with E-state index in [2.05, 4.69) is 49.0 Å². The summed E-state index contributed by atoms with van der Waals surface area (Å²) in [4.78, 5) is 14.3. The van der Waals surface area contributed by atoms with Gasteiger partial charge >= 0.3 is 0 Å². The number of rotatable bonds is 4. The molecule has 140 valence electrons. The van der Waals surface area contributed by atoms with Crippen LogP contribution in [0.5, 0.6) is 11.5 Å². The quantitative estimate of drug-likeness (QED) is 0.841. The Morgan fingerprint density at radius 2 is 2.27 bits per heavy atom. The van der Waals surface area contributed by atoms with E-state index in [1.807, 2.05) is 12.1 Å². The standard InChI is InChI=1S/C21H28N2O3/c1-21(2)14-16-8-6-10-18(19(16)26-21)25-13-5-4-11-22-20(24)17-9-7-12-23(3)15-17/h6,8,10,17H,7,9,11-15H2,1-3H3,(H,22,24). The predicted molar refractivity (Wildman–Crippen MR) is 101 cm³/mol. The van der Waals surface area contributed by atoms with Gasteiger partial charge in [-0.2, -0.15) is 0 Å². The minimum Gasteiger partial charge on any atom is -0.483 e. The third-order valence-electron chi connectivity index (χ3n) is 4.83. The van der Waals surface area contributed by atoms with Crippen molar-refractivity contribution in [3.05, 3.63) is 23.8 Å². The van der Waals surface area contributed by atoms with Gasteiger partial charge in [-0.1, -0.05) is 24.0 Å². The van der Waals surface area contributed by atoms with Gasteiger partial charge in [0.05, 0.1) is 12.5 Å². The molecule has 0 spiro atoms. The fourth-order valence-electron chi connectivity index (χ4n) is 3.58. The Bertz CT molecular complexity index is 718. The molecule has 0 bridgehead atoms. The van der Waals surface area contributed by atoms with Crippen molar-refractivity contribution in [1.29, 1.82) is 0 Å². The van der Waals surface area contributed by atoms with E-state index in [1.54, 1.807) is 0 Å². The summed E-state index contributed by atoms with van der Waals surface area (Å²) in [5.74, 6) is 7.66. The van der Waals surface area contributed by atoms with Crippen LogP contribution < -0.4 is 14.8 Å². The Labute approximate surface area is 156 Å². The van der Waals surface area contributed by atoms with Crippen LogP contribution in [0, 0.1) is 17.8 Å². The van der Waals surface area contributed by atoms with Gasteiger partial charge in [0.2, 0.25) is 5.91 Å². The second-order valence-electron chi connectivity index (χ2n) is 7.74. The van der Waals surface area contributed by atoms with Gasteiger partial charge in [0.1, 0.15) is 12.2 Å². The fourth-order valence-corrected chi connectivity index (χ4v) is 3.58. The molecule has 2 heterocycles. The van der Waals surface area contributed by atoms with Crippen LogP contribution in [0.3, 0.4) is 0 Å². The molecular formula is C21H28N2O3. The Hall–Kier alpha value is -2.19. The second-order valence-corrected chi connectivity index (χ2v) is 7.74. The molecule has 0 aromatic heterocycles. The Balaban J connectivity index is 1.43. The van der Waals surface area contributed by atoms with Crippen LogP contribution in [-0.4, -0.2) is 49.7 Å². The highest BCUT2D eigenvalue weighted by molar-refractivity contribution is 5.79. The number of para-hydroxylation sites is 1. The van der Waals surface area contributed by atoms with Crippen LogP contribution in [0.4, 0.5) is 0 Å². The van der Waals surface area contributed by atoms with E-state index in [0.717, 1.165) is 43.9 Å². The molecule has 3 rings (SSSR count). The lowest BCUT2D eigenvalue weighted by Crippen LogP contribution is -2.41. The molecule has 5 heteroatoms. The topological polar surface area (TPSA) is 50.8 Å². The average Bonchev–Trinajstić information content (AvgIpc) is 2.92. The van der Waals surface area contributed by atoms with Gasteiger partial charge in [-0.15, -0.1) is 0 Å². The van der Waals surface area contributed by atoms with Crippen molar-refractivity contribution in [1.82, 2.24) is 10.2 Å². The number of piperidine rings is 1. The number of nitrogens with zero attached hydrogens (tertiary/aromatic N) is 1. The van der Waals surface area contributed by atoms with Crippen LogP contribution in [0.2, 0.25) is 0 Å². The first-order valence-corrected chi connectivity index (χ1v) is 9.30. The van der Waals surface area contributed by atoms with Crippen molar-refractivity contribution in [3.8, 4) is 23.3 Å². The molecule has 1 aromatic rings. The molecule has 1 aromatic carbocycles. The number of ether oxygens (including phenoxy) is 2. The molecule has 1 fully saturated rings. The molecule has 1 saturated heterocycles. The monoisotopic (exact) mass is 356 g/mol. The lowest BCUT2D eigenvalue weighted by molar-refractivity contribution is -0.126. The number of fused-ring (bicyclic) bond motifs is 1. The summed E-state index contributed by atoms with van der Waals surface area (Å²) >= 11 is 0. The first-order valence-electron chi connectivity index (χ1n) is 9.30. The van der Waals surface area contributed by atoms with Crippen molar-refractivity contribution < 1.29 is 14.3 Å². The number of carbonyl (C=O) groups excluding carboxylic acids is 1. The Morgan fingerprint density at radius 1 is 1.42 bits per heavy atom. The van der Waals surface area contributed by atoms with Crippen molar-refractivity contribution in [3.63, 3.8) is 0 Å². The number of nitrogens with one attached hydrogen (secondary N) is 1. The molecule has 1 unspecified atom stereocenters. The van der Waals surface area contributed by atoms with E-state index in [-0.39, 0.29) is 24.0 Å². The number of benzene rings is 1. The van der Waals surface area contributed by atoms with Crippen LogP contribution in [0.15, 0.2) is 18.2 Å². The third-order valence-corrected chi connectivity index (χ3v) is 4.83. The summed E-state index contributed by atoms with van der Waals surface area (Å²) in [6.45, 7) is 6.69. The van der Waals surface area contributed by atoms with Gasteiger partial charge in [0.15, 0.2) is 11.5 Å². The molecule has 1 atom stereocenters. The first kappa shape index (κ1) is 18.6. The largest absolute Gasteiger partial charge is 0.483 e. The maximum atomic E-state index is 12.1. The van der Waals surface area contributed by atoms with Gasteiger partial charge in [0.25, 0.3) is 0 Å². The number of amides is 1. The van der Waals surface area contributed by atoms with Crippen LogP contribution in [0.1, 0.15) is 32.3 Å². The predicted octanol–water partition coefficient (Wildman–Crippen LogP) is 2.24. The Morgan fingerprint density at radius 3 is 3.08 bits per heavy atom. The summed E-state index contributed by atoms with van der Waals surface area (Å²) in [7, 11) is 2.06. The zero-order valence-corrected chi connectivity index (χ0v) is 15.9.